The summed E-state index contributed by atoms with van der Waals surface area (Å²) < 4.78 is 0. The van der Waals surface area contributed by atoms with Gasteiger partial charge in [0.1, 0.15) is 0 Å². The number of hydrogen-bond donors (Lipinski definition) is 4. The van der Waals surface area contributed by atoms with E-state index in [4.69, 9.17) is 10.2 Å². The van der Waals surface area contributed by atoms with Gasteiger partial charge in [-0.25, -0.2) is 0 Å². The van der Waals surface area contributed by atoms with Crippen LogP contribution in [-0.4, -0.2) is 44.6 Å². The molecule has 0 saturated carbocycles. The van der Waals surface area contributed by atoms with E-state index in [1.165, 1.54) is 25.7 Å². The van der Waals surface area contributed by atoms with Crippen LogP contribution in [0.5, 0.6) is 0 Å². The monoisotopic (exact) mass is 390 g/mol. The van der Waals surface area contributed by atoms with E-state index in [9.17, 15) is 19.8 Å². The predicted molar refractivity (Wildman–Crippen MR) is 108 cm³/mol. The molecule has 0 spiro atoms. The Kier molecular flexibility index (Phi) is 17.7. The highest BCUT2D eigenvalue weighted by atomic mass is 16.4. The third kappa shape index (κ3) is 16.7. The van der Waals surface area contributed by atoms with Crippen LogP contribution < -0.4 is 0 Å². The summed E-state index contributed by atoms with van der Waals surface area (Å²) in [5.74, 6) is -1.74. The zero-order chi connectivity index (χ0) is 21.3. The van der Waals surface area contributed by atoms with Crippen molar-refractivity contribution in [3.05, 3.63) is 0 Å². The van der Waals surface area contributed by atoms with Crippen molar-refractivity contribution in [1.82, 2.24) is 0 Å². The van der Waals surface area contributed by atoms with Gasteiger partial charge < -0.3 is 20.4 Å². The van der Waals surface area contributed by atoms with E-state index in [1.807, 2.05) is 13.8 Å². The van der Waals surface area contributed by atoms with Gasteiger partial charge in [0.15, 0.2) is 0 Å². The van der Waals surface area contributed by atoms with Gasteiger partial charge in [-0.1, -0.05) is 66.2 Å². The molecule has 2 unspecified atom stereocenters. The van der Waals surface area contributed by atoms with Crippen molar-refractivity contribution in [1.29, 1.82) is 0 Å². The fourth-order valence-corrected chi connectivity index (χ4v) is 2.69. The van der Waals surface area contributed by atoms with Crippen molar-refractivity contribution in [3.63, 3.8) is 0 Å². The molecule has 0 radical (unpaired) electrons. The largest absolute Gasteiger partial charge is 0.481 e. The SMILES string of the molecule is CCCCCC(O)C(C)(C)C(O)CCCCC.O=C(O)CCCCC(=O)O. The van der Waals surface area contributed by atoms with Crippen LogP contribution in [0.2, 0.25) is 0 Å². The number of carboxylic acids is 2. The van der Waals surface area contributed by atoms with Gasteiger partial charge in [0.05, 0.1) is 12.2 Å². The third-order valence-electron chi connectivity index (χ3n) is 4.91. The molecule has 2 atom stereocenters. The van der Waals surface area contributed by atoms with Crippen LogP contribution in [0.1, 0.15) is 105 Å². The van der Waals surface area contributed by atoms with Crippen molar-refractivity contribution in [2.45, 2.75) is 117 Å². The lowest BCUT2D eigenvalue weighted by Gasteiger charge is -2.35. The molecule has 0 rings (SSSR count). The summed E-state index contributed by atoms with van der Waals surface area (Å²) in [7, 11) is 0. The number of carboxylic acid groups (broad SMARTS) is 2. The molecule has 0 aromatic rings. The number of hydrogen-bond acceptors (Lipinski definition) is 4. The number of aliphatic hydroxyl groups is 2. The number of rotatable bonds is 15. The first-order valence-corrected chi connectivity index (χ1v) is 10.4. The Morgan fingerprint density at radius 1 is 0.704 bits per heavy atom. The number of aliphatic carboxylic acids is 2. The normalized spacial score (nSPS) is 13.4. The summed E-state index contributed by atoms with van der Waals surface area (Å²) >= 11 is 0. The maximum absolute atomic E-state index is 10.2. The molecule has 0 aromatic heterocycles. The van der Waals surface area contributed by atoms with Crippen molar-refractivity contribution in [3.8, 4) is 0 Å². The van der Waals surface area contributed by atoms with Gasteiger partial charge in [-0.2, -0.15) is 0 Å². The van der Waals surface area contributed by atoms with Crippen LogP contribution in [0.25, 0.3) is 0 Å². The highest BCUT2D eigenvalue weighted by Gasteiger charge is 2.34. The van der Waals surface area contributed by atoms with Gasteiger partial charge >= 0.3 is 11.9 Å². The van der Waals surface area contributed by atoms with E-state index in [0.717, 1.165) is 25.7 Å². The molecule has 4 N–H and O–H groups in total. The summed E-state index contributed by atoms with van der Waals surface area (Å²) in [6, 6.07) is 0. The summed E-state index contributed by atoms with van der Waals surface area (Å²) in [4.78, 5) is 19.8. The molecule has 0 aliphatic rings. The fraction of sp³-hybridized carbons (Fsp3) is 0.905. The molecule has 162 valence electrons. The molecule has 6 nitrogen and oxygen atoms in total. The summed E-state index contributed by atoms with van der Waals surface area (Å²) in [5.41, 5.74) is -0.374. The number of carbonyl (C=O) groups is 2. The molecule has 0 bridgehead atoms. The second-order valence-corrected chi connectivity index (χ2v) is 7.84. The smallest absolute Gasteiger partial charge is 0.303 e. The molecule has 27 heavy (non-hydrogen) atoms. The standard InChI is InChI=1S/C15H32O2.C6H10O4/c1-5-7-9-11-13(16)15(3,4)14(17)12-10-8-6-2;7-5(8)3-1-2-4-6(9)10/h13-14,16-17H,5-12H2,1-4H3;1-4H2,(H,7,8)(H,9,10). The topological polar surface area (TPSA) is 115 Å². The Morgan fingerprint density at radius 3 is 1.30 bits per heavy atom. The second-order valence-electron chi connectivity index (χ2n) is 7.84. The van der Waals surface area contributed by atoms with Crippen LogP contribution in [0, 0.1) is 5.41 Å². The van der Waals surface area contributed by atoms with Gasteiger partial charge in [-0.3, -0.25) is 9.59 Å². The summed E-state index contributed by atoms with van der Waals surface area (Å²) in [5, 5.41) is 36.6. The zero-order valence-electron chi connectivity index (χ0n) is 17.7. The number of unbranched alkanes of at least 4 members (excludes halogenated alkanes) is 5. The summed E-state index contributed by atoms with van der Waals surface area (Å²) in [6.45, 7) is 8.30. The third-order valence-corrected chi connectivity index (χ3v) is 4.91. The lowest BCUT2D eigenvalue weighted by atomic mass is 9.77. The minimum absolute atomic E-state index is 0.0628. The maximum atomic E-state index is 10.2. The molecule has 0 aliphatic heterocycles. The molecular formula is C21H42O6. The number of aliphatic hydroxyl groups excluding tert-OH is 2. The van der Waals surface area contributed by atoms with E-state index in [-0.39, 0.29) is 30.5 Å². The molecule has 0 aliphatic carbocycles. The molecule has 6 heteroatoms. The summed E-state index contributed by atoms with van der Waals surface area (Å²) in [6.07, 6.45) is 8.67. The quantitative estimate of drug-likeness (QED) is 0.304. The van der Waals surface area contributed by atoms with Gasteiger partial charge in [-0.15, -0.1) is 0 Å². The predicted octanol–water partition coefficient (Wildman–Crippen LogP) is 4.61. The minimum Gasteiger partial charge on any atom is -0.481 e. The van der Waals surface area contributed by atoms with E-state index >= 15 is 0 Å². The second kappa shape index (κ2) is 17.0. The average molecular weight is 391 g/mol. The van der Waals surface area contributed by atoms with Crippen LogP contribution in [0.3, 0.4) is 0 Å². The van der Waals surface area contributed by atoms with Gasteiger partial charge in [0.2, 0.25) is 0 Å². The lowest BCUT2D eigenvalue weighted by molar-refractivity contribution is -0.139. The Labute approximate surface area is 165 Å². The fourth-order valence-electron chi connectivity index (χ4n) is 2.69. The van der Waals surface area contributed by atoms with E-state index in [2.05, 4.69) is 13.8 Å². The van der Waals surface area contributed by atoms with E-state index < -0.39 is 11.9 Å². The van der Waals surface area contributed by atoms with Crippen molar-refractivity contribution in [2.24, 2.45) is 5.41 Å². The minimum atomic E-state index is -0.870. The van der Waals surface area contributed by atoms with Crippen LogP contribution in [0.4, 0.5) is 0 Å². The highest BCUT2D eigenvalue weighted by molar-refractivity contribution is 5.67. The lowest BCUT2D eigenvalue weighted by Crippen LogP contribution is -2.40. The molecule has 0 fully saturated rings. The molecule has 0 amide bonds. The van der Waals surface area contributed by atoms with Crippen molar-refractivity contribution < 1.29 is 30.0 Å². The molecular weight excluding hydrogens is 348 g/mol. The van der Waals surface area contributed by atoms with Crippen LogP contribution >= 0.6 is 0 Å². The van der Waals surface area contributed by atoms with Gasteiger partial charge in [-0.05, 0) is 25.7 Å². The van der Waals surface area contributed by atoms with Gasteiger partial charge in [0.25, 0.3) is 0 Å². The molecule has 0 saturated heterocycles. The zero-order valence-corrected chi connectivity index (χ0v) is 17.7. The first-order chi connectivity index (χ1) is 12.6. The molecule has 0 aromatic carbocycles. The van der Waals surface area contributed by atoms with Gasteiger partial charge in [0, 0.05) is 18.3 Å². The first kappa shape index (κ1) is 28.1. The Morgan fingerprint density at radius 2 is 1.04 bits per heavy atom. The maximum Gasteiger partial charge on any atom is 0.303 e. The van der Waals surface area contributed by atoms with E-state index in [1.54, 1.807) is 0 Å². The first-order valence-electron chi connectivity index (χ1n) is 10.4. The van der Waals surface area contributed by atoms with Crippen molar-refractivity contribution >= 4 is 11.9 Å². The van der Waals surface area contributed by atoms with Crippen LogP contribution in [0.15, 0.2) is 0 Å². The Balaban J connectivity index is 0. The van der Waals surface area contributed by atoms with Crippen molar-refractivity contribution in [2.75, 3.05) is 0 Å². The highest BCUT2D eigenvalue weighted by Crippen LogP contribution is 2.31. The average Bonchev–Trinajstić information content (AvgIpc) is 2.59. The van der Waals surface area contributed by atoms with Crippen LogP contribution in [-0.2, 0) is 9.59 Å². The molecule has 0 heterocycles. The van der Waals surface area contributed by atoms with E-state index in [0.29, 0.717) is 12.8 Å². The Bertz CT molecular complexity index is 347. The Hall–Kier alpha value is -1.14.